The van der Waals surface area contributed by atoms with E-state index < -0.39 is 0 Å². The Labute approximate surface area is 196 Å². The smallest absolute Gasteiger partial charge is 0.243 e. The van der Waals surface area contributed by atoms with Crippen molar-refractivity contribution in [1.29, 1.82) is 0 Å². The second-order valence-corrected chi connectivity index (χ2v) is 8.21. The van der Waals surface area contributed by atoms with Gasteiger partial charge in [-0.15, -0.1) is 0 Å². The van der Waals surface area contributed by atoms with Crippen LogP contribution in [0, 0.1) is 0 Å². The highest BCUT2D eigenvalue weighted by atomic mass is 35.5. The van der Waals surface area contributed by atoms with E-state index in [0.29, 0.717) is 28.8 Å². The minimum Gasteiger partial charge on any atom is -0.506 e. The number of halogens is 2. The van der Waals surface area contributed by atoms with Gasteiger partial charge in [-0.2, -0.15) is 5.10 Å². The number of amides is 1. The summed E-state index contributed by atoms with van der Waals surface area (Å²) in [4.78, 5) is 14.4. The van der Waals surface area contributed by atoms with Crippen molar-refractivity contribution in [2.75, 3.05) is 44.4 Å². The first kappa shape index (κ1) is 23.7. The lowest BCUT2D eigenvalue weighted by Gasteiger charge is -2.16. The molecule has 0 unspecified atom stereocenters. The number of likely N-dealkylation sites (N-methyl/N-ethyl adjacent to an activating group) is 1. The van der Waals surface area contributed by atoms with Gasteiger partial charge in [0.2, 0.25) is 5.91 Å². The van der Waals surface area contributed by atoms with Crippen LogP contribution in [0.1, 0.15) is 0 Å². The van der Waals surface area contributed by atoms with E-state index in [1.807, 2.05) is 37.2 Å². The van der Waals surface area contributed by atoms with E-state index in [-0.39, 0.29) is 23.2 Å². The third-order valence-corrected chi connectivity index (χ3v) is 5.20. The number of aromatic hydroxyl groups is 1. The van der Waals surface area contributed by atoms with Gasteiger partial charge < -0.3 is 25.4 Å². The molecular formula is C22H25Cl2N5O3. The lowest BCUT2D eigenvalue weighted by molar-refractivity contribution is -0.114. The fourth-order valence-electron chi connectivity index (χ4n) is 2.98. The van der Waals surface area contributed by atoms with Crippen LogP contribution in [0.2, 0.25) is 10.0 Å². The SMILES string of the molecule is CN(C)CCOc1ccc(NCC(=O)Nc2ccc(Cl)c(O)c2)cc1-c1c(Cl)cnn1C. The van der Waals surface area contributed by atoms with Crippen molar-refractivity contribution in [1.82, 2.24) is 14.7 Å². The average Bonchev–Trinajstić information content (AvgIpc) is 3.07. The molecule has 0 atom stereocenters. The molecule has 0 fully saturated rings. The average molecular weight is 478 g/mol. The van der Waals surface area contributed by atoms with Crippen molar-refractivity contribution in [3.63, 3.8) is 0 Å². The van der Waals surface area contributed by atoms with Crippen molar-refractivity contribution in [2.45, 2.75) is 0 Å². The first-order valence-corrected chi connectivity index (χ1v) is 10.6. The summed E-state index contributed by atoms with van der Waals surface area (Å²) in [6.45, 7) is 1.29. The van der Waals surface area contributed by atoms with Crippen molar-refractivity contribution in [3.05, 3.63) is 52.6 Å². The molecule has 10 heteroatoms. The van der Waals surface area contributed by atoms with Gasteiger partial charge in [0.1, 0.15) is 18.1 Å². The monoisotopic (exact) mass is 477 g/mol. The Hall–Kier alpha value is -2.94. The van der Waals surface area contributed by atoms with Gasteiger partial charge in [0.15, 0.2) is 0 Å². The van der Waals surface area contributed by atoms with E-state index in [4.69, 9.17) is 27.9 Å². The number of aromatic nitrogens is 2. The summed E-state index contributed by atoms with van der Waals surface area (Å²) in [7, 11) is 5.76. The molecule has 1 amide bonds. The number of nitrogens with one attached hydrogen (secondary N) is 2. The summed E-state index contributed by atoms with van der Waals surface area (Å²) in [5.41, 5.74) is 2.65. The maximum atomic E-state index is 12.3. The van der Waals surface area contributed by atoms with Gasteiger partial charge in [-0.05, 0) is 44.4 Å². The van der Waals surface area contributed by atoms with Gasteiger partial charge in [0.25, 0.3) is 0 Å². The number of carbonyl (C=O) groups is 1. The molecule has 0 bridgehead atoms. The summed E-state index contributed by atoms with van der Waals surface area (Å²) in [5.74, 6) is 0.294. The minimum absolute atomic E-state index is 0.0166. The molecule has 1 heterocycles. The maximum absolute atomic E-state index is 12.3. The predicted molar refractivity (Wildman–Crippen MR) is 128 cm³/mol. The number of benzene rings is 2. The van der Waals surface area contributed by atoms with Crippen molar-refractivity contribution in [3.8, 4) is 22.8 Å². The van der Waals surface area contributed by atoms with Crippen molar-refractivity contribution >= 4 is 40.5 Å². The summed E-state index contributed by atoms with van der Waals surface area (Å²) in [6, 6.07) is 10.1. The van der Waals surface area contributed by atoms with Gasteiger partial charge in [-0.25, -0.2) is 0 Å². The summed E-state index contributed by atoms with van der Waals surface area (Å²) < 4.78 is 7.66. The molecule has 3 aromatic rings. The van der Waals surface area contributed by atoms with Crippen LogP contribution >= 0.6 is 23.2 Å². The maximum Gasteiger partial charge on any atom is 0.243 e. The fourth-order valence-corrected chi connectivity index (χ4v) is 3.37. The molecule has 32 heavy (non-hydrogen) atoms. The van der Waals surface area contributed by atoms with E-state index in [9.17, 15) is 9.90 Å². The van der Waals surface area contributed by atoms with Crippen molar-refractivity contribution in [2.24, 2.45) is 7.05 Å². The standard InChI is InChI=1S/C22H25Cl2N5O3/c1-28(2)8-9-32-20-7-5-14(10-16(20)22-18(24)12-26-29(22)3)25-13-21(31)27-15-4-6-17(23)19(30)11-15/h4-7,10-12,25,30H,8-9,13H2,1-3H3,(H,27,31). The molecule has 3 N–H and O–H groups in total. The molecular weight excluding hydrogens is 453 g/mol. The molecule has 2 aromatic carbocycles. The molecule has 0 saturated heterocycles. The number of ether oxygens (including phenoxy) is 1. The number of nitrogens with zero attached hydrogens (tertiary/aromatic N) is 3. The largest absolute Gasteiger partial charge is 0.506 e. The zero-order valence-corrected chi connectivity index (χ0v) is 19.5. The number of rotatable bonds is 9. The molecule has 0 spiro atoms. The van der Waals surface area contributed by atoms with Crippen LogP contribution in [-0.4, -0.2) is 59.5 Å². The number of carbonyl (C=O) groups excluding carboxylic acids is 1. The lowest BCUT2D eigenvalue weighted by atomic mass is 10.1. The zero-order chi connectivity index (χ0) is 23.3. The summed E-state index contributed by atoms with van der Waals surface area (Å²) in [6.07, 6.45) is 1.58. The molecule has 8 nitrogen and oxygen atoms in total. The Balaban J connectivity index is 1.74. The van der Waals surface area contributed by atoms with Gasteiger partial charge in [-0.1, -0.05) is 23.2 Å². The van der Waals surface area contributed by atoms with Crippen LogP contribution in [0.25, 0.3) is 11.3 Å². The Bertz CT molecular complexity index is 1080. The van der Waals surface area contributed by atoms with E-state index in [1.54, 1.807) is 24.0 Å². The number of hydrogen-bond acceptors (Lipinski definition) is 6. The minimum atomic E-state index is -0.279. The number of aryl methyl sites for hydroxylation is 1. The Kier molecular flexibility index (Phi) is 7.84. The summed E-state index contributed by atoms with van der Waals surface area (Å²) >= 11 is 12.2. The van der Waals surface area contributed by atoms with Gasteiger partial charge in [0.05, 0.1) is 28.5 Å². The molecule has 0 aliphatic heterocycles. The molecule has 0 radical (unpaired) electrons. The highest BCUT2D eigenvalue weighted by Crippen LogP contribution is 2.36. The zero-order valence-electron chi connectivity index (χ0n) is 18.0. The molecule has 1 aromatic heterocycles. The second kappa shape index (κ2) is 10.6. The topological polar surface area (TPSA) is 91.7 Å². The second-order valence-electron chi connectivity index (χ2n) is 7.40. The van der Waals surface area contributed by atoms with Crippen LogP contribution in [0.4, 0.5) is 11.4 Å². The third kappa shape index (κ3) is 6.06. The van der Waals surface area contributed by atoms with Crippen LogP contribution in [0.5, 0.6) is 11.5 Å². The number of phenols is 1. The lowest BCUT2D eigenvalue weighted by Crippen LogP contribution is -2.22. The highest BCUT2D eigenvalue weighted by molar-refractivity contribution is 6.33. The predicted octanol–water partition coefficient (Wildman–Crippen LogP) is 4.09. The first-order valence-electron chi connectivity index (χ1n) is 9.86. The number of anilines is 2. The number of hydrogen-bond donors (Lipinski definition) is 3. The number of phenolic OH excluding ortho intramolecular Hbond substituents is 1. The molecule has 0 aliphatic carbocycles. The van der Waals surface area contributed by atoms with E-state index in [1.165, 1.54) is 12.1 Å². The van der Waals surface area contributed by atoms with E-state index in [0.717, 1.165) is 17.8 Å². The Morgan fingerprint density at radius 3 is 2.56 bits per heavy atom. The molecule has 170 valence electrons. The summed E-state index contributed by atoms with van der Waals surface area (Å²) in [5, 5.41) is 20.4. The van der Waals surface area contributed by atoms with Gasteiger partial charge in [-0.3, -0.25) is 9.48 Å². The fraction of sp³-hybridized carbons (Fsp3) is 0.273. The molecule has 0 saturated carbocycles. The molecule has 3 rings (SSSR count). The van der Waals surface area contributed by atoms with E-state index in [2.05, 4.69) is 15.7 Å². The Morgan fingerprint density at radius 2 is 1.91 bits per heavy atom. The quantitative estimate of drug-likeness (QED) is 0.429. The van der Waals surface area contributed by atoms with Gasteiger partial charge >= 0.3 is 0 Å². The van der Waals surface area contributed by atoms with Crippen LogP contribution < -0.4 is 15.4 Å². The van der Waals surface area contributed by atoms with Crippen LogP contribution in [-0.2, 0) is 11.8 Å². The first-order chi connectivity index (χ1) is 15.2. The normalized spacial score (nSPS) is 10.9. The Morgan fingerprint density at radius 1 is 1.16 bits per heavy atom. The molecule has 0 aliphatic rings. The highest BCUT2D eigenvalue weighted by Gasteiger charge is 2.16. The van der Waals surface area contributed by atoms with Crippen LogP contribution in [0.3, 0.4) is 0 Å². The third-order valence-electron chi connectivity index (χ3n) is 4.61. The van der Waals surface area contributed by atoms with Gasteiger partial charge in [0, 0.05) is 36.6 Å². The van der Waals surface area contributed by atoms with Crippen molar-refractivity contribution < 1.29 is 14.6 Å². The van der Waals surface area contributed by atoms with E-state index >= 15 is 0 Å². The van der Waals surface area contributed by atoms with Crippen LogP contribution in [0.15, 0.2) is 42.6 Å².